The van der Waals surface area contributed by atoms with Crippen LogP contribution < -0.4 is 9.80 Å². The van der Waals surface area contributed by atoms with Crippen molar-refractivity contribution < 1.29 is 0 Å². The van der Waals surface area contributed by atoms with Gasteiger partial charge < -0.3 is 9.80 Å². The lowest BCUT2D eigenvalue weighted by Gasteiger charge is -2.26. The fourth-order valence-corrected chi connectivity index (χ4v) is 9.32. The van der Waals surface area contributed by atoms with Crippen LogP contribution in [0, 0.1) is 0 Å². The average molecular weight is 869 g/mol. The van der Waals surface area contributed by atoms with E-state index in [9.17, 15) is 0 Å². The van der Waals surface area contributed by atoms with Gasteiger partial charge in [-0.3, -0.25) is 0 Å². The van der Waals surface area contributed by atoms with Crippen LogP contribution in [-0.4, -0.2) is 0 Å². The molecule has 0 aliphatic rings. The molecule has 11 aromatic carbocycles. The SMILES string of the molecule is c1ccc(-c2ccc(N(c3ccccc3)c3ccc(-c4ccccc4-c4cccc(-c5ccccc5-c5ccc(N(c6ccccc6)c6ccc(-c7ccccc7)cc6)cc5)c4)cc3)cc2)cc1. The van der Waals surface area contributed by atoms with E-state index in [4.69, 9.17) is 0 Å². The molecule has 68 heavy (non-hydrogen) atoms. The second-order valence-corrected chi connectivity index (χ2v) is 16.9. The lowest BCUT2D eigenvalue weighted by atomic mass is 9.90. The lowest BCUT2D eigenvalue weighted by molar-refractivity contribution is 1.28. The highest BCUT2D eigenvalue weighted by atomic mass is 15.1. The van der Waals surface area contributed by atoms with Gasteiger partial charge in [0.1, 0.15) is 0 Å². The summed E-state index contributed by atoms with van der Waals surface area (Å²) in [4.78, 5) is 4.64. The monoisotopic (exact) mass is 868 g/mol. The maximum absolute atomic E-state index is 2.34. The van der Waals surface area contributed by atoms with Gasteiger partial charge in [0, 0.05) is 34.1 Å². The van der Waals surface area contributed by atoms with Crippen LogP contribution in [0.25, 0.3) is 66.8 Å². The molecule has 11 rings (SSSR count). The molecule has 0 bridgehead atoms. The molecule has 0 unspecified atom stereocenters. The Morgan fingerprint density at radius 2 is 0.368 bits per heavy atom. The first kappa shape index (κ1) is 41.7. The highest BCUT2D eigenvalue weighted by Crippen LogP contribution is 2.42. The Balaban J connectivity index is 0.884. The van der Waals surface area contributed by atoms with E-state index in [0.29, 0.717) is 0 Å². The minimum atomic E-state index is 1.10. The van der Waals surface area contributed by atoms with E-state index in [-0.39, 0.29) is 0 Å². The van der Waals surface area contributed by atoms with E-state index >= 15 is 0 Å². The predicted octanol–water partition coefficient (Wildman–Crippen LogP) is 18.6. The Labute approximate surface area is 400 Å². The summed E-state index contributed by atoms with van der Waals surface area (Å²) in [5.74, 6) is 0. The number of rotatable bonds is 12. The zero-order valence-electron chi connectivity index (χ0n) is 37.6. The van der Waals surface area contributed by atoms with Crippen molar-refractivity contribution in [2.24, 2.45) is 0 Å². The van der Waals surface area contributed by atoms with E-state index in [2.05, 4.69) is 301 Å². The summed E-state index contributed by atoms with van der Waals surface area (Å²) in [7, 11) is 0. The van der Waals surface area contributed by atoms with Crippen molar-refractivity contribution in [1.82, 2.24) is 0 Å². The topological polar surface area (TPSA) is 6.48 Å². The van der Waals surface area contributed by atoms with E-state index in [1.54, 1.807) is 0 Å². The van der Waals surface area contributed by atoms with Gasteiger partial charge in [0.25, 0.3) is 0 Å². The number of hydrogen-bond donors (Lipinski definition) is 0. The molecule has 322 valence electrons. The smallest absolute Gasteiger partial charge is 0.0462 e. The van der Waals surface area contributed by atoms with E-state index in [1.807, 2.05) is 0 Å². The quantitative estimate of drug-likeness (QED) is 0.121. The minimum absolute atomic E-state index is 1.10. The van der Waals surface area contributed by atoms with Gasteiger partial charge in [-0.25, -0.2) is 0 Å². The second kappa shape index (κ2) is 19.2. The molecule has 2 heteroatoms. The average Bonchev–Trinajstić information content (AvgIpc) is 3.43. The van der Waals surface area contributed by atoms with Gasteiger partial charge in [-0.2, -0.15) is 0 Å². The molecule has 0 aliphatic carbocycles. The molecule has 0 N–H and O–H groups in total. The Hall–Kier alpha value is -8.98. The van der Waals surface area contributed by atoms with Crippen LogP contribution in [0.1, 0.15) is 0 Å². The first-order valence-electron chi connectivity index (χ1n) is 23.2. The molecule has 0 spiro atoms. The van der Waals surface area contributed by atoms with Gasteiger partial charge in [-0.15, -0.1) is 0 Å². The van der Waals surface area contributed by atoms with Crippen LogP contribution in [-0.2, 0) is 0 Å². The summed E-state index contributed by atoms with van der Waals surface area (Å²) in [6, 6.07) is 104. The van der Waals surface area contributed by atoms with Gasteiger partial charge in [0.2, 0.25) is 0 Å². The maximum atomic E-state index is 2.34. The van der Waals surface area contributed by atoms with Crippen LogP contribution in [0.15, 0.2) is 291 Å². The predicted molar refractivity (Wildman–Crippen MR) is 288 cm³/mol. The van der Waals surface area contributed by atoms with Gasteiger partial charge in [0.15, 0.2) is 0 Å². The second-order valence-electron chi connectivity index (χ2n) is 16.9. The van der Waals surface area contributed by atoms with Gasteiger partial charge in [-0.05, 0) is 146 Å². The molecule has 0 aromatic heterocycles. The summed E-state index contributed by atoms with van der Waals surface area (Å²) >= 11 is 0. The molecular weight excluding hydrogens is 821 g/mol. The Bertz CT molecular complexity index is 3160. The summed E-state index contributed by atoms with van der Waals surface area (Å²) in [6.45, 7) is 0. The fraction of sp³-hybridized carbons (Fsp3) is 0. The zero-order valence-corrected chi connectivity index (χ0v) is 37.6. The summed E-state index contributed by atoms with van der Waals surface area (Å²) in [5, 5.41) is 0. The first-order chi connectivity index (χ1) is 33.7. The third kappa shape index (κ3) is 8.75. The van der Waals surface area contributed by atoms with Crippen LogP contribution in [0.3, 0.4) is 0 Å². The minimum Gasteiger partial charge on any atom is -0.311 e. The summed E-state index contributed by atoms with van der Waals surface area (Å²) in [6.07, 6.45) is 0. The van der Waals surface area contributed by atoms with E-state index < -0.39 is 0 Å². The Morgan fingerprint density at radius 1 is 0.147 bits per heavy atom. The van der Waals surface area contributed by atoms with Gasteiger partial charge >= 0.3 is 0 Å². The fourth-order valence-electron chi connectivity index (χ4n) is 9.32. The highest BCUT2D eigenvalue weighted by Gasteiger charge is 2.17. The number of nitrogens with zero attached hydrogens (tertiary/aromatic N) is 2. The molecule has 0 saturated heterocycles. The number of benzene rings is 11. The van der Waals surface area contributed by atoms with Crippen LogP contribution in [0.5, 0.6) is 0 Å². The standard InChI is InChI=1S/C66H48N2/c1-5-18-49(19-6-1)51-32-40-59(41-33-51)67(57-24-9-3-10-25-57)61-44-36-53(37-45-61)63-28-13-15-30-65(63)55-22-17-23-56(48-55)66-31-16-14-29-64(66)54-38-46-62(47-39-54)68(58-26-11-4-12-27-58)60-42-34-52(35-43-60)50-20-7-2-8-21-50/h1-48H. The molecule has 11 aromatic rings. The molecule has 0 saturated carbocycles. The third-order valence-corrected chi connectivity index (χ3v) is 12.7. The zero-order chi connectivity index (χ0) is 45.5. The number of para-hydroxylation sites is 2. The van der Waals surface area contributed by atoms with E-state index in [1.165, 1.54) is 66.8 Å². The molecular formula is C66H48N2. The van der Waals surface area contributed by atoms with Crippen molar-refractivity contribution >= 4 is 34.1 Å². The van der Waals surface area contributed by atoms with Crippen molar-refractivity contribution in [3.8, 4) is 66.8 Å². The van der Waals surface area contributed by atoms with E-state index in [0.717, 1.165) is 34.1 Å². The molecule has 0 radical (unpaired) electrons. The maximum Gasteiger partial charge on any atom is 0.0462 e. The number of hydrogen-bond acceptors (Lipinski definition) is 2. The Morgan fingerprint density at radius 3 is 0.691 bits per heavy atom. The number of anilines is 6. The van der Waals surface area contributed by atoms with Crippen molar-refractivity contribution in [1.29, 1.82) is 0 Å². The van der Waals surface area contributed by atoms with Gasteiger partial charge in [-0.1, -0.05) is 212 Å². The van der Waals surface area contributed by atoms with Crippen LogP contribution >= 0.6 is 0 Å². The lowest BCUT2D eigenvalue weighted by Crippen LogP contribution is -2.09. The highest BCUT2D eigenvalue weighted by molar-refractivity contribution is 5.90. The van der Waals surface area contributed by atoms with Crippen LogP contribution in [0.2, 0.25) is 0 Å². The normalized spacial score (nSPS) is 10.9. The third-order valence-electron chi connectivity index (χ3n) is 12.7. The van der Waals surface area contributed by atoms with Crippen molar-refractivity contribution in [3.63, 3.8) is 0 Å². The summed E-state index contributed by atoms with van der Waals surface area (Å²) in [5.41, 5.74) is 20.9. The molecule has 0 aliphatic heterocycles. The molecule has 0 amide bonds. The largest absolute Gasteiger partial charge is 0.311 e. The Kier molecular flexibility index (Phi) is 11.8. The van der Waals surface area contributed by atoms with Gasteiger partial charge in [0.05, 0.1) is 0 Å². The van der Waals surface area contributed by atoms with Crippen LogP contribution in [0.4, 0.5) is 34.1 Å². The molecule has 0 atom stereocenters. The molecule has 2 nitrogen and oxygen atoms in total. The van der Waals surface area contributed by atoms with Crippen molar-refractivity contribution in [3.05, 3.63) is 291 Å². The van der Waals surface area contributed by atoms with Crippen molar-refractivity contribution in [2.75, 3.05) is 9.80 Å². The molecule has 0 heterocycles. The van der Waals surface area contributed by atoms with Crippen molar-refractivity contribution in [2.45, 2.75) is 0 Å². The molecule has 0 fully saturated rings. The first-order valence-corrected chi connectivity index (χ1v) is 23.2. The summed E-state index contributed by atoms with van der Waals surface area (Å²) < 4.78 is 0.